The highest BCUT2D eigenvalue weighted by molar-refractivity contribution is 5.96. The topological polar surface area (TPSA) is 26.3 Å². The Balaban J connectivity index is 2.31. The lowest BCUT2D eigenvalue weighted by Gasteiger charge is -2.16. The fourth-order valence-electron chi connectivity index (χ4n) is 1.53. The van der Waals surface area contributed by atoms with Gasteiger partial charge in [-0.15, -0.1) is 0 Å². The molecule has 98 valence electrons. The molecule has 0 aliphatic heterocycles. The van der Waals surface area contributed by atoms with E-state index in [-0.39, 0.29) is 0 Å². The molecule has 0 fully saturated rings. The molecule has 1 aliphatic rings. The number of alkyl halides is 4. The first-order valence-electron chi connectivity index (χ1n) is 5.39. The van der Waals surface area contributed by atoms with Crippen molar-refractivity contribution in [1.82, 2.24) is 0 Å². The van der Waals surface area contributed by atoms with Crippen molar-refractivity contribution in [3.63, 3.8) is 0 Å². The molecule has 0 aromatic rings. The molecule has 0 aromatic carbocycles. The van der Waals surface area contributed by atoms with Crippen LogP contribution in [0.1, 0.15) is 25.7 Å². The van der Waals surface area contributed by atoms with Gasteiger partial charge in [-0.1, -0.05) is 6.08 Å². The standard InChI is InChI=1S/C11H14F4O2/c12-10(13)11(14,15)7-17-6-9(16)8-4-2-1-3-5-8/h4,10H,1-3,5-7H2. The van der Waals surface area contributed by atoms with Gasteiger partial charge in [0.25, 0.3) is 0 Å². The molecule has 0 bridgehead atoms. The van der Waals surface area contributed by atoms with Crippen LogP contribution in [0.3, 0.4) is 0 Å². The van der Waals surface area contributed by atoms with Gasteiger partial charge < -0.3 is 4.74 Å². The first-order chi connectivity index (χ1) is 7.93. The van der Waals surface area contributed by atoms with Gasteiger partial charge in [-0.3, -0.25) is 4.79 Å². The molecule has 0 unspecified atom stereocenters. The van der Waals surface area contributed by atoms with Gasteiger partial charge in [0.15, 0.2) is 5.78 Å². The third kappa shape index (κ3) is 4.46. The zero-order valence-corrected chi connectivity index (χ0v) is 9.23. The summed E-state index contributed by atoms with van der Waals surface area (Å²) in [5.74, 6) is -4.59. The molecule has 17 heavy (non-hydrogen) atoms. The molecule has 6 heteroatoms. The molecule has 0 radical (unpaired) electrons. The van der Waals surface area contributed by atoms with E-state index in [4.69, 9.17) is 0 Å². The van der Waals surface area contributed by atoms with Crippen LogP contribution in [-0.2, 0) is 9.53 Å². The molecule has 0 saturated heterocycles. The lowest BCUT2D eigenvalue weighted by atomic mass is 9.97. The van der Waals surface area contributed by atoms with E-state index in [1.807, 2.05) is 0 Å². The molecule has 0 amide bonds. The highest BCUT2D eigenvalue weighted by Crippen LogP contribution is 2.23. The lowest BCUT2D eigenvalue weighted by molar-refractivity contribution is -0.167. The summed E-state index contributed by atoms with van der Waals surface area (Å²) >= 11 is 0. The summed E-state index contributed by atoms with van der Waals surface area (Å²) in [6.45, 7) is -1.99. The molecular formula is C11H14F4O2. The van der Waals surface area contributed by atoms with Gasteiger partial charge in [-0.25, -0.2) is 8.78 Å². The van der Waals surface area contributed by atoms with Crippen molar-refractivity contribution in [2.75, 3.05) is 13.2 Å². The number of halogens is 4. The molecule has 1 rings (SSSR count). The number of hydrogen-bond donors (Lipinski definition) is 0. The van der Waals surface area contributed by atoms with Crippen molar-refractivity contribution >= 4 is 5.78 Å². The fraction of sp³-hybridized carbons (Fsp3) is 0.727. The summed E-state index contributed by atoms with van der Waals surface area (Å²) in [4.78, 5) is 11.4. The number of ketones is 1. The van der Waals surface area contributed by atoms with E-state index in [2.05, 4.69) is 4.74 Å². The Bertz CT molecular complexity index is 300. The number of rotatable bonds is 6. The van der Waals surface area contributed by atoms with Gasteiger partial charge in [-0.05, 0) is 31.3 Å². The summed E-state index contributed by atoms with van der Waals surface area (Å²) in [6, 6.07) is 0. The van der Waals surface area contributed by atoms with Crippen LogP contribution in [-0.4, -0.2) is 31.3 Å². The van der Waals surface area contributed by atoms with Gasteiger partial charge in [0.05, 0.1) is 0 Å². The molecule has 1 aliphatic carbocycles. The normalized spacial score (nSPS) is 17.1. The van der Waals surface area contributed by atoms with E-state index >= 15 is 0 Å². The van der Waals surface area contributed by atoms with Crippen molar-refractivity contribution < 1.29 is 27.1 Å². The average Bonchev–Trinajstić information content (AvgIpc) is 2.29. The van der Waals surface area contributed by atoms with E-state index in [0.29, 0.717) is 12.0 Å². The Morgan fingerprint density at radius 3 is 2.65 bits per heavy atom. The Morgan fingerprint density at radius 1 is 1.41 bits per heavy atom. The first-order valence-corrected chi connectivity index (χ1v) is 5.39. The van der Waals surface area contributed by atoms with Gasteiger partial charge in [0.1, 0.15) is 13.2 Å². The van der Waals surface area contributed by atoms with Crippen LogP contribution >= 0.6 is 0 Å². The first kappa shape index (κ1) is 14.2. The van der Waals surface area contributed by atoms with Crippen LogP contribution < -0.4 is 0 Å². The summed E-state index contributed by atoms with van der Waals surface area (Å²) in [7, 11) is 0. The predicted octanol–water partition coefficient (Wildman–Crippen LogP) is 2.97. The molecule has 0 atom stereocenters. The smallest absolute Gasteiger partial charge is 0.330 e. The highest BCUT2D eigenvalue weighted by atomic mass is 19.3. The van der Waals surface area contributed by atoms with E-state index in [0.717, 1.165) is 19.3 Å². The summed E-state index contributed by atoms with van der Waals surface area (Å²) in [6.07, 6.45) is 1.25. The number of carbonyl (C=O) groups is 1. The molecule has 0 heterocycles. The van der Waals surface area contributed by atoms with E-state index in [1.165, 1.54) is 0 Å². The zero-order chi connectivity index (χ0) is 12.9. The second-order valence-electron chi connectivity index (χ2n) is 3.95. The average molecular weight is 254 g/mol. The minimum absolute atomic E-state index is 0.394. The number of hydrogen-bond acceptors (Lipinski definition) is 2. The van der Waals surface area contributed by atoms with Gasteiger partial charge in [0, 0.05) is 0 Å². The van der Waals surface area contributed by atoms with Gasteiger partial charge in [0.2, 0.25) is 0 Å². The van der Waals surface area contributed by atoms with E-state index in [9.17, 15) is 22.4 Å². The van der Waals surface area contributed by atoms with Crippen molar-refractivity contribution in [3.8, 4) is 0 Å². The van der Waals surface area contributed by atoms with Crippen LogP contribution in [0.25, 0.3) is 0 Å². The largest absolute Gasteiger partial charge is 0.367 e. The minimum atomic E-state index is -4.19. The SMILES string of the molecule is O=C(COCC(F)(F)C(F)F)C1=CCCCC1. The summed E-state index contributed by atoms with van der Waals surface area (Å²) < 4.78 is 52.8. The molecular weight excluding hydrogens is 240 g/mol. The second kappa shape index (κ2) is 6.14. The Kier molecular flexibility index (Phi) is 5.11. The quantitative estimate of drug-likeness (QED) is 0.681. The molecule has 0 N–H and O–H groups in total. The van der Waals surface area contributed by atoms with Crippen LogP contribution in [0.5, 0.6) is 0 Å². The van der Waals surface area contributed by atoms with Gasteiger partial charge >= 0.3 is 12.3 Å². The van der Waals surface area contributed by atoms with Gasteiger partial charge in [-0.2, -0.15) is 8.78 Å². The zero-order valence-electron chi connectivity index (χ0n) is 9.23. The van der Waals surface area contributed by atoms with Crippen molar-refractivity contribution in [1.29, 1.82) is 0 Å². The Labute approximate surface area is 96.6 Å². The van der Waals surface area contributed by atoms with Crippen molar-refractivity contribution in [3.05, 3.63) is 11.6 Å². The Morgan fingerprint density at radius 2 is 2.12 bits per heavy atom. The third-order valence-electron chi connectivity index (χ3n) is 2.50. The molecule has 0 aromatic heterocycles. The number of allylic oxidation sites excluding steroid dienone is 1. The third-order valence-corrected chi connectivity index (χ3v) is 2.50. The number of carbonyl (C=O) groups excluding carboxylic acids is 1. The molecule has 0 spiro atoms. The summed E-state index contributed by atoms with van der Waals surface area (Å²) in [5.41, 5.74) is 0.552. The minimum Gasteiger partial charge on any atom is -0.367 e. The van der Waals surface area contributed by atoms with Crippen molar-refractivity contribution in [2.24, 2.45) is 0 Å². The maximum absolute atomic E-state index is 12.4. The predicted molar refractivity (Wildman–Crippen MR) is 53.3 cm³/mol. The van der Waals surface area contributed by atoms with Crippen LogP contribution in [0.2, 0.25) is 0 Å². The summed E-state index contributed by atoms with van der Waals surface area (Å²) in [5, 5.41) is 0. The molecule has 2 nitrogen and oxygen atoms in total. The monoisotopic (exact) mass is 254 g/mol. The maximum atomic E-state index is 12.4. The van der Waals surface area contributed by atoms with E-state index < -0.39 is 31.3 Å². The number of Topliss-reactive ketones (excluding diaryl/α,β-unsaturated/α-hetero) is 1. The molecule has 0 saturated carbocycles. The van der Waals surface area contributed by atoms with E-state index in [1.54, 1.807) is 6.08 Å². The fourth-order valence-corrected chi connectivity index (χ4v) is 1.53. The second-order valence-corrected chi connectivity index (χ2v) is 3.95. The number of ether oxygens (including phenoxy) is 1. The lowest BCUT2D eigenvalue weighted by Crippen LogP contribution is -2.33. The maximum Gasteiger partial charge on any atom is 0.330 e. The van der Waals surface area contributed by atoms with Crippen LogP contribution in [0.4, 0.5) is 17.6 Å². The van der Waals surface area contributed by atoms with Crippen LogP contribution in [0.15, 0.2) is 11.6 Å². The highest BCUT2D eigenvalue weighted by Gasteiger charge is 2.41. The Hall–Kier alpha value is -0.910. The van der Waals surface area contributed by atoms with Crippen LogP contribution in [0, 0.1) is 0 Å². The van der Waals surface area contributed by atoms with Crippen molar-refractivity contribution in [2.45, 2.75) is 38.0 Å².